The normalized spacial score (nSPS) is 15.2. The van der Waals surface area contributed by atoms with Crippen molar-refractivity contribution in [1.29, 1.82) is 0 Å². The van der Waals surface area contributed by atoms with Crippen LogP contribution in [0.15, 0.2) is 52.7 Å². The largest absolute Gasteiger partial charge is 0.497 e. The van der Waals surface area contributed by atoms with E-state index in [1.54, 1.807) is 23.5 Å². The molecule has 3 heterocycles. The van der Waals surface area contributed by atoms with Crippen LogP contribution in [-0.2, 0) is 10.0 Å². The molecule has 158 valence electrons. The van der Waals surface area contributed by atoms with Gasteiger partial charge in [0, 0.05) is 32.2 Å². The maximum Gasteiger partial charge on any atom is 0.247 e. The molecule has 0 N–H and O–H groups in total. The molecule has 1 aromatic carbocycles. The molecule has 0 saturated carbocycles. The van der Waals surface area contributed by atoms with E-state index in [0.717, 1.165) is 16.4 Å². The average Bonchev–Trinajstić information content (AvgIpc) is 3.34. The Balaban J connectivity index is 1.48. The molecule has 1 aliphatic rings. The Morgan fingerprint density at radius 1 is 0.967 bits per heavy atom. The number of aromatic nitrogens is 2. The smallest absolute Gasteiger partial charge is 0.247 e. The first-order valence-electron chi connectivity index (χ1n) is 9.37. The third kappa shape index (κ3) is 3.98. The molecule has 1 saturated heterocycles. The second-order valence-electron chi connectivity index (χ2n) is 6.66. The van der Waals surface area contributed by atoms with Gasteiger partial charge in [-0.05, 0) is 35.7 Å². The van der Waals surface area contributed by atoms with Crippen LogP contribution in [0.1, 0.15) is 0 Å². The quantitative estimate of drug-likeness (QED) is 0.576. The van der Waals surface area contributed by atoms with Crippen molar-refractivity contribution in [2.24, 2.45) is 0 Å². The van der Waals surface area contributed by atoms with E-state index in [2.05, 4.69) is 10.2 Å². The summed E-state index contributed by atoms with van der Waals surface area (Å²) in [5, 5.41) is 10.6. The molecule has 0 radical (unpaired) electrons. The molecule has 10 heteroatoms. The minimum absolute atomic E-state index is 0.109. The number of ether oxygens (including phenoxy) is 2. The van der Waals surface area contributed by atoms with Gasteiger partial charge in [0.2, 0.25) is 10.0 Å². The van der Waals surface area contributed by atoms with Gasteiger partial charge in [0.05, 0.1) is 19.1 Å². The van der Waals surface area contributed by atoms with Crippen LogP contribution in [0, 0.1) is 0 Å². The van der Waals surface area contributed by atoms with Gasteiger partial charge in [0.15, 0.2) is 5.82 Å². The van der Waals surface area contributed by atoms with E-state index >= 15 is 0 Å². The number of piperazine rings is 1. The van der Waals surface area contributed by atoms with E-state index < -0.39 is 10.0 Å². The zero-order valence-electron chi connectivity index (χ0n) is 16.7. The summed E-state index contributed by atoms with van der Waals surface area (Å²) in [5.41, 5.74) is 0.833. The van der Waals surface area contributed by atoms with Crippen LogP contribution in [-0.4, -0.2) is 63.3 Å². The molecule has 0 aliphatic carbocycles. The first kappa shape index (κ1) is 20.6. The zero-order chi connectivity index (χ0) is 21.1. The summed E-state index contributed by atoms with van der Waals surface area (Å²) in [6.45, 7) is 1.74. The van der Waals surface area contributed by atoms with Crippen molar-refractivity contribution in [3.05, 3.63) is 47.8 Å². The summed E-state index contributed by atoms with van der Waals surface area (Å²) >= 11 is 1.62. The maximum absolute atomic E-state index is 13.2. The second kappa shape index (κ2) is 8.58. The van der Waals surface area contributed by atoms with Crippen LogP contribution >= 0.6 is 11.3 Å². The molecule has 0 atom stereocenters. The molecule has 0 amide bonds. The zero-order valence-corrected chi connectivity index (χ0v) is 18.3. The van der Waals surface area contributed by atoms with Crippen LogP contribution in [0.2, 0.25) is 0 Å². The summed E-state index contributed by atoms with van der Waals surface area (Å²) in [5.74, 6) is 1.51. The summed E-state index contributed by atoms with van der Waals surface area (Å²) < 4.78 is 38.3. The highest BCUT2D eigenvalue weighted by molar-refractivity contribution is 7.89. The topological polar surface area (TPSA) is 84.9 Å². The predicted octanol–water partition coefficient (Wildman–Crippen LogP) is 2.73. The third-order valence-corrected chi connectivity index (χ3v) is 7.79. The third-order valence-electron chi connectivity index (χ3n) is 4.98. The Morgan fingerprint density at radius 2 is 1.77 bits per heavy atom. The molecule has 8 nitrogen and oxygen atoms in total. The van der Waals surface area contributed by atoms with Crippen molar-refractivity contribution < 1.29 is 17.9 Å². The van der Waals surface area contributed by atoms with E-state index in [1.165, 1.54) is 24.6 Å². The minimum atomic E-state index is -3.71. The predicted molar refractivity (Wildman–Crippen MR) is 116 cm³/mol. The summed E-state index contributed by atoms with van der Waals surface area (Å²) in [6.07, 6.45) is 0. The number of sulfonamides is 1. The number of nitrogens with zero attached hydrogens (tertiary/aromatic N) is 4. The summed E-state index contributed by atoms with van der Waals surface area (Å²) in [7, 11) is -0.755. The maximum atomic E-state index is 13.2. The number of benzene rings is 1. The summed E-state index contributed by atoms with van der Waals surface area (Å²) in [6, 6.07) is 12.6. The lowest BCUT2D eigenvalue weighted by Crippen LogP contribution is -2.49. The molecule has 1 aliphatic heterocycles. The van der Waals surface area contributed by atoms with E-state index in [1.807, 2.05) is 34.5 Å². The molecule has 1 fully saturated rings. The first-order chi connectivity index (χ1) is 14.5. The fraction of sp³-hybridized carbons (Fsp3) is 0.300. The van der Waals surface area contributed by atoms with Gasteiger partial charge in [-0.25, -0.2) is 8.42 Å². The molecule has 0 bridgehead atoms. The van der Waals surface area contributed by atoms with Crippen LogP contribution < -0.4 is 14.4 Å². The SMILES string of the molecule is COc1ccc(OC)c(S(=O)(=O)N2CCN(c3ccc(-c4cccs4)nn3)CC2)c1. The van der Waals surface area contributed by atoms with Crippen LogP contribution in [0.3, 0.4) is 0 Å². The van der Waals surface area contributed by atoms with E-state index in [4.69, 9.17) is 9.47 Å². The van der Waals surface area contributed by atoms with Gasteiger partial charge in [-0.3, -0.25) is 0 Å². The average molecular weight is 447 g/mol. The fourth-order valence-electron chi connectivity index (χ4n) is 3.33. The van der Waals surface area contributed by atoms with Crippen molar-refractivity contribution >= 4 is 27.2 Å². The number of hydrogen-bond acceptors (Lipinski definition) is 8. The molecular weight excluding hydrogens is 424 g/mol. The van der Waals surface area contributed by atoms with Crippen molar-refractivity contribution in [2.45, 2.75) is 4.90 Å². The second-order valence-corrected chi connectivity index (χ2v) is 9.52. The lowest BCUT2D eigenvalue weighted by Gasteiger charge is -2.34. The molecule has 30 heavy (non-hydrogen) atoms. The summed E-state index contributed by atoms with van der Waals surface area (Å²) in [4.78, 5) is 3.22. The minimum Gasteiger partial charge on any atom is -0.497 e. The monoisotopic (exact) mass is 446 g/mol. The van der Waals surface area contributed by atoms with E-state index in [-0.39, 0.29) is 4.90 Å². The van der Waals surface area contributed by atoms with Gasteiger partial charge >= 0.3 is 0 Å². The standard InChI is InChI=1S/C20H22N4O4S2/c1-27-15-5-7-17(28-2)19(14-15)30(25,26)24-11-9-23(10-12-24)20-8-6-16(21-22-20)18-4-3-13-29-18/h3-8,13-14H,9-12H2,1-2H3. The Kier molecular flexibility index (Phi) is 5.89. The van der Waals surface area contributed by atoms with Crippen molar-refractivity contribution in [3.8, 4) is 22.1 Å². The number of methoxy groups -OCH3 is 2. The molecule has 3 aromatic rings. The van der Waals surface area contributed by atoms with Crippen molar-refractivity contribution in [2.75, 3.05) is 45.3 Å². The lowest BCUT2D eigenvalue weighted by molar-refractivity contribution is 0.370. The first-order valence-corrected chi connectivity index (χ1v) is 11.7. The van der Waals surface area contributed by atoms with Gasteiger partial charge in [0.1, 0.15) is 22.1 Å². The van der Waals surface area contributed by atoms with Crippen LogP contribution in [0.5, 0.6) is 11.5 Å². The Labute approximate surface area is 179 Å². The highest BCUT2D eigenvalue weighted by atomic mass is 32.2. The van der Waals surface area contributed by atoms with Gasteiger partial charge < -0.3 is 14.4 Å². The number of thiophene rings is 1. The highest BCUT2D eigenvalue weighted by Gasteiger charge is 2.31. The van der Waals surface area contributed by atoms with Crippen molar-refractivity contribution in [3.63, 3.8) is 0 Å². The Hall–Kier alpha value is -2.69. The molecular formula is C20H22N4O4S2. The number of hydrogen-bond donors (Lipinski definition) is 0. The number of anilines is 1. The molecule has 2 aromatic heterocycles. The van der Waals surface area contributed by atoms with Crippen LogP contribution in [0.25, 0.3) is 10.6 Å². The molecule has 4 rings (SSSR count). The van der Waals surface area contributed by atoms with Crippen molar-refractivity contribution in [1.82, 2.24) is 14.5 Å². The highest BCUT2D eigenvalue weighted by Crippen LogP contribution is 2.31. The van der Waals surface area contributed by atoms with E-state index in [0.29, 0.717) is 37.7 Å². The van der Waals surface area contributed by atoms with Gasteiger partial charge in [-0.1, -0.05) is 6.07 Å². The number of rotatable bonds is 6. The van der Waals surface area contributed by atoms with Gasteiger partial charge in [-0.15, -0.1) is 21.5 Å². The van der Waals surface area contributed by atoms with E-state index in [9.17, 15) is 8.42 Å². The fourth-order valence-corrected chi connectivity index (χ4v) is 5.62. The molecule has 0 unspecified atom stereocenters. The lowest BCUT2D eigenvalue weighted by atomic mass is 10.3. The molecule has 0 spiro atoms. The Bertz CT molecular complexity index is 1090. The van der Waals surface area contributed by atoms with Crippen LogP contribution in [0.4, 0.5) is 5.82 Å². The van der Waals surface area contributed by atoms with Gasteiger partial charge in [-0.2, -0.15) is 4.31 Å². The Morgan fingerprint density at radius 3 is 2.37 bits per heavy atom. The van der Waals surface area contributed by atoms with Gasteiger partial charge in [0.25, 0.3) is 0 Å².